The van der Waals surface area contributed by atoms with Gasteiger partial charge in [-0.15, -0.1) is 0 Å². The second-order valence-electron chi connectivity index (χ2n) is 5.66. The van der Waals surface area contributed by atoms with E-state index in [0.29, 0.717) is 5.82 Å². The number of rotatable bonds is 3. The van der Waals surface area contributed by atoms with Gasteiger partial charge < -0.3 is 14.8 Å². The lowest BCUT2D eigenvalue weighted by atomic mass is 10.1. The summed E-state index contributed by atoms with van der Waals surface area (Å²) in [6.45, 7) is 0. The molecule has 0 radical (unpaired) electrons. The van der Waals surface area contributed by atoms with Crippen molar-refractivity contribution in [3.8, 4) is 11.4 Å². The minimum Gasteiger partial charge on any atom is -0.361 e. The minimum absolute atomic E-state index is 0.0241. The summed E-state index contributed by atoms with van der Waals surface area (Å²) in [5.74, 6) is 0.170. The Morgan fingerprint density at radius 1 is 1.27 bits per heavy atom. The Morgan fingerprint density at radius 3 is 3.00 bits per heavy atom. The molecule has 2 N–H and O–H groups in total. The first-order valence-corrected chi connectivity index (χ1v) is 7.52. The van der Waals surface area contributed by atoms with Gasteiger partial charge in [0.25, 0.3) is 0 Å². The minimum atomic E-state index is -0.284. The molecule has 0 saturated heterocycles. The third kappa shape index (κ3) is 2.36. The number of carbonyl (C=O) groups is 1. The van der Waals surface area contributed by atoms with Crippen LogP contribution in [0.2, 0.25) is 0 Å². The summed E-state index contributed by atoms with van der Waals surface area (Å²) in [7, 11) is 0. The summed E-state index contributed by atoms with van der Waals surface area (Å²) in [5.41, 5.74) is 1.88. The molecule has 0 aliphatic heterocycles. The number of carbonyl (C=O) groups excluding carboxylic acids is 1. The van der Waals surface area contributed by atoms with Crippen LogP contribution in [0.4, 0.5) is 0 Å². The molecule has 0 atom stereocenters. The second-order valence-corrected chi connectivity index (χ2v) is 5.66. The zero-order chi connectivity index (χ0) is 14.9. The molecule has 1 fully saturated rings. The van der Waals surface area contributed by atoms with Crippen molar-refractivity contribution in [2.24, 2.45) is 0 Å². The number of fused-ring (bicyclic) bond motifs is 1. The summed E-state index contributed by atoms with van der Waals surface area (Å²) >= 11 is 0. The maximum absolute atomic E-state index is 12.1. The Balaban J connectivity index is 1.56. The fraction of sp³-hybridized carbons (Fsp3) is 0.312. The Bertz CT molecular complexity index is 814. The highest BCUT2D eigenvalue weighted by Crippen LogP contribution is 2.22. The van der Waals surface area contributed by atoms with Gasteiger partial charge in [-0.1, -0.05) is 18.0 Å². The predicted octanol–water partition coefficient (Wildman–Crippen LogP) is 2.89. The molecule has 22 heavy (non-hydrogen) atoms. The van der Waals surface area contributed by atoms with Gasteiger partial charge in [0.1, 0.15) is 0 Å². The maximum Gasteiger partial charge on any atom is 0.316 e. The SMILES string of the molecule is O=C(NC1CCCC1)c1nc(-c2ccc3[nH]ccc3c2)no1. The lowest BCUT2D eigenvalue weighted by Crippen LogP contribution is -2.32. The molecule has 4 rings (SSSR count). The molecule has 6 nitrogen and oxygen atoms in total. The monoisotopic (exact) mass is 296 g/mol. The Morgan fingerprint density at radius 2 is 2.14 bits per heavy atom. The van der Waals surface area contributed by atoms with E-state index in [1.165, 1.54) is 0 Å². The molecule has 0 spiro atoms. The van der Waals surface area contributed by atoms with Crippen molar-refractivity contribution in [2.45, 2.75) is 31.7 Å². The van der Waals surface area contributed by atoms with Crippen LogP contribution in [0.1, 0.15) is 36.4 Å². The third-order valence-corrected chi connectivity index (χ3v) is 4.12. The molecule has 2 aromatic heterocycles. The van der Waals surface area contributed by atoms with E-state index in [2.05, 4.69) is 20.4 Å². The topological polar surface area (TPSA) is 83.8 Å². The fourth-order valence-electron chi connectivity index (χ4n) is 2.94. The summed E-state index contributed by atoms with van der Waals surface area (Å²) in [4.78, 5) is 19.5. The number of hydrogen-bond acceptors (Lipinski definition) is 4. The molecule has 0 bridgehead atoms. The van der Waals surface area contributed by atoms with E-state index < -0.39 is 0 Å². The van der Waals surface area contributed by atoms with Crippen molar-refractivity contribution in [1.29, 1.82) is 0 Å². The molecule has 1 aliphatic rings. The predicted molar refractivity (Wildman–Crippen MR) is 81.3 cm³/mol. The first-order valence-electron chi connectivity index (χ1n) is 7.52. The normalized spacial score (nSPS) is 15.5. The fourth-order valence-corrected chi connectivity index (χ4v) is 2.94. The van der Waals surface area contributed by atoms with Gasteiger partial charge in [0.15, 0.2) is 0 Å². The molecular weight excluding hydrogens is 280 g/mol. The summed E-state index contributed by atoms with van der Waals surface area (Å²) < 4.78 is 5.10. The van der Waals surface area contributed by atoms with Crippen LogP contribution in [0.25, 0.3) is 22.3 Å². The van der Waals surface area contributed by atoms with Crippen molar-refractivity contribution in [1.82, 2.24) is 20.4 Å². The second kappa shape index (κ2) is 5.29. The molecular formula is C16H16N4O2. The van der Waals surface area contributed by atoms with E-state index >= 15 is 0 Å². The van der Waals surface area contributed by atoms with Crippen LogP contribution in [0.3, 0.4) is 0 Å². The highest BCUT2D eigenvalue weighted by molar-refractivity contribution is 5.90. The van der Waals surface area contributed by atoms with Gasteiger partial charge in [-0.25, -0.2) is 0 Å². The van der Waals surface area contributed by atoms with Gasteiger partial charge >= 0.3 is 11.8 Å². The van der Waals surface area contributed by atoms with E-state index in [-0.39, 0.29) is 17.8 Å². The molecule has 1 aliphatic carbocycles. The molecule has 6 heteroatoms. The standard InChI is InChI=1S/C16H16N4O2/c21-15(18-12-3-1-2-4-12)16-19-14(20-22-16)11-5-6-13-10(9-11)7-8-17-13/h5-9,12,17H,1-4H2,(H,18,21). The molecule has 2 heterocycles. The molecule has 1 saturated carbocycles. The number of nitrogens with one attached hydrogen (secondary N) is 2. The lowest BCUT2D eigenvalue weighted by Gasteiger charge is -2.08. The van der Waals surface area contributed by atoms with Gasteiger partial charge in [-0.05, 0) is 37.1 Å². The highest BCUT2D eigenvalue weighted by Gasteiger charge is 2.22. The van der Waals surface area contributed by atoms with Gasteiger partial charge in [-0.2, -0.15) is 4.98 Å². The Kier molecular flexibility index (Phi) is 3.14. The van der Waals surface area contributed by atoms with Crippen LogP contribution in [0, 0.1) is 0 Å². The molecule has 1 aromatic carbocycles. The smallest absolute Gasteiger partial charge is 0.316 e. The summed E-state index contributed by atoms with van der Waals surface area (Å²) in [6, 6.07) is 8.04. The van der Waals surface area contributed by atoms with E-state index in [0.717, 1.165) is 42.1 Å². The quantitative estimate of drug-likeness (QED) is 0.778. The Labute approximate surface area is 126 Å². The zero-order valence-corrected chi connectivity index (χ0v) is 12.0. The van der Waals surface area contributed by atoms with Crippen LogP contribution in [-0.4, -0.2) is 27.1 Å². The van der Waals surface area contributed by atoms with Crippen LogP contribution in [-0.2, 0) is 0 Å². The molecule has 1 amide bonds. The van der Waals surface area contributed by atoms with Gasteiger partial charge in [0, 0.05) is 28.7 Å². The van der Waals surface area contributed by atoms with Crippen LogP contribution in [0.15, 0.2) is 35.0 Å². The number of benzene rings is 1. The van der Waals surface area contributed by atoms with Crippen LogP contribution < -0.4 is 5.32 Å². The van der Waals surface area contributed by atoms with Gasteiger partial charge in [0.05, 0.1) is 0 Å². The number of aromatic amines is 1. The third-order valence-electron chi connectivity index (χ3n) is 4.12. The van der Waals surface area contributed by atoms with Crippen molar-refractivity contribution in [3.05, 3.63) is 36.4 Å². The zero-order valence-electron chi connectivity index (χ0n) is 12.0. The number of H-pyrrole nitrogens is 1. The van der Waals surface area contributed by atoms with Crippen molar-refractivity contribution in [3.63, 3.8) is 0 Å². The van der Waals surface area contributed by atoms with Crippen molar-refractivity contribution < 1.29 is 9.32 Å². The highest BCUT2D eigenvalue weighted by atomic mass is 16.5. The van der Waals surface area contributed by atoms with Crippen LogP contribution in [0.5, 0.6) is 0 Å². The van der Waals surface area contributed by atoms with E-state index in [9.17, 15) is 4.79 Å². The number of amides is 1. The van der Waals surface area contributed by atoms with E-state index in [1.807, 2.05) is 30.5 Å². The molecule has 3 aromatic rings. The van der Waals surface area contributed by atoms with Gasteiger partial charge in [0.2, 0.25) is 5.82 Å². The molecule has 0 unspecified atom stereocenters. The van der Waals surface area contributed by atoms with E-state index in [4.69, 9.17) is 4.52 Å². The number of aromatic nitrogens is 3. The molecule has 112 valence electrons. The summed E-state index contributed by atoms with van der Waals surface area (Å²) in [5, 5.41) is 7.93. The average Bonchev–Trinajstić information content (AvgIpc) is 3.27. The lowest BCUT2D eigenvalue weighted by molar-refractivity contribution is 0.0893. The average molecular weight is 296 g/mol. The van der Waals surface area contributed by atoms with Crippen molar-refractivity contribution >= 4 is 16.8 Å². The van der Waals surface area contributed by atoms with Gasteiger partial charge in [-0.3, -0.25) is 4.79 Å². The number of nitrogens with zero attached hydrogens (tertiary/aromatic N) is 2. The van der Waals surface area contributed by atoms with Crippen molar-refractivity contribution in [2.75, 3.05) is 0 Å². The Hall–Kier alpha value is -2.63. The number of hydrogen-bond donors (Lipinski definition) is 2. The summed E-state index contributed by atoms with van der Waals surface area (Å²) in [6.07, 6.45) is 6.26. The first kappa shape index (κ1) is 13.1. The largest absolute Gasteiger partial charge is 0.361 e. The van der Waals surface area contributed by atoms with Crippen LogP contribution >= 0.6 is 0 Å². The maximum atomic E-state index is 12.1. The van der Waals surface area contributed by atoms with E-state index in [1.54, 1.807) is 0 Å². The first-order chi connectivity index (χ1) is 10.8.